The van der Waals surface area contributed by atoms with E-state index in [4.69, 9.17) is 4.52 Å². The van der Waals surface area contributed by atoms with E-state index >= 15 is 0 Å². The summed E-state index contributed by atoms with van der Waals surface area (Å²) in [5.41, 5.74) is 0.721. The van der Waals surface area contributed by atoms with E-state index in [-0.39, 0.29) is 29.0 Å². The molecule has 6 heteroatoms. The SMILES string of the molecule is CCC(C)c1cc(C(=O)NC(Cn2ccnc2)C(C)(C)C)on1. The maximum atomic E-state index is 12.5. The standard InChI is InChI=1S/C17H26N4O2/c1-6-12(2)13-9-14(23-20-13)16(22)19-15(17(3,4)5)10-21-8-7-18-11-21/h7-9,11-12,15H,6,10H2,1-5H3,(H,19,22). The average molecular weight is 318 g/mol. The fraction of sp³-hybridized carbons (Fsp3) is 0.588. The minimum absolute atomic E-state index is 0.0543. The van der Waals surface area contributed by atoms with Crippen LogP contribution in [-0.4, -0.2) is 26.7 Å². The summed E-state index contributed by atoms with van der Waals surface area (Å²) in [6, 6.07) is 1.68. The van der Waals surface area contributed by atoms with Gasteiger partial charge < -0.3 is 14.4 Å². The fourth-order valence-corrected chi connectivity index (χ4v) is 2.21. The highest BCUT2D eigenvalue weighted by Crippen LogP contribution is 2.22. The third-order valence-corrected chi connectivity index (χ3v) is 4.17. The van der Waals surface area contributed by atoms with Gasteiger partial charge in [0.05, 0.1) is 18.1 Å². The molecule has 1 amide bonds. The summed E-state index contributed by atoms with van der Waals surface area (Å²) in [5.74, 6) is 0.317. The van der Waals surface area contributed by atoms with Gasteiger partial charge in [-0.05, 0) is 11.8 Å². The predicted molar refractivity (Wildman–Crippen MR) is 88.1 cm³/mol. The molecule has 1 N–H and O–H groups in total. The van der Waals surface area contributed by atoms with E-state index in [0.29, 0.717) is 6.54 Å². The Kier molecular flexibility index (Phi) is 5.23. The molecular weight excluding hydrogens is 292 g/mol. The molecule has 0 spiro atoms. The second-order valence-corrected chi connectivity index (χ2v) is 7.08. The van der Waals surface area contributed by atoms with Crippen LogP contribution in [0.25, 0.3) is 0 Å². The summed E-state index contributed by atoms with van der Waals surface area (Å²) >= 11 is 0. The van der Waals surface area contributed by atoms with Crippen molar-refractivity contribution in [3.8, 4) is 0 Å². The summed E-state index contributed by atoms with van der Waals surface area (Å²) in [4.78, 5) is 16.5. The Labute approximate surface area is 137 Å². The van der Waals surface area contributed by atoms with Crippen LogP contribution in [0.3, 0.4) is 0 Å². The maximum Gasteiger partial charge on any atom is 0.290 e. The Morgan fingerprint density at radius 3 is 2.74 bits per heavy atom. The smallest absolute Gasteiger partial charge is 0.290 e. The van der Waals surface area contributed by atoms with Crippen molar-refractivity contribution in [2.24, 2.45) is 5.41 Å². The second kappa shape index (κ2) is 6.98. The predicted octanol–water partition coefficient (Wildman–Crippen LogP) is 3.23. The van der Waals surface area contributed by atoms with E-state index in [9.17, 15) is 4.79 Å². The van der Waals surface area contributed by atoms with Gasteiger partial charge in [0.1, 0.15) is 0 Å². The molecule has 0 fully saturated rings. The number of hydrogen-bond acceptors (Lipinski definition) is 4. The first kappa shape index (κ1) is 17.2. The summed E-state index contributed by atoms with van der Waals surface area (Å²) in [7, 11) is 0. The van der Waals surface area contributed by atoms with Gasteiger partial charge in [0.2, 0.25) is 5.76 Å². The molecular formula is C17H26N4O2. The molecule has 0 saturated heterocycles. The van der Waals surface area contributed by atoms with Crippen LogP contribution in [0.15, 0.2) is 29.3 Å². The molecule has 0 bridgehead atoms. The second-order valence-electron chi connectivity index (χ2n) is 7.08. The van der Waals surface area contributed by atoms with Crippen LogP contribution in [0, 0.1) is 5.41 Å². The summed E-state index contributed by atoms with van der Waals surface area (Å²) in [5, 5.41) is 7.06. The molecule has 23 heavy (non-hydrogen) atoms. The molecule has 0 aliphatic carbocycles. The lowest BCUT2D eigenvalue weighted by molar-refractivity contribution is 0.0855. The van der Waals surface area contributed by atoms with Crippen molar-refractivity contribution in [2.75, 3.05) is 0 Å². The van der Waals surface area contributed by atoms with Crippen molar-refractivity contribution in [1.82, 2.24) is 20.0 Å². The molecule has 2 unspecified atom stereocenters. The first-order chi connectivity index (χ1) is 10.8. The molecule has 0 radical (unpaired) electrons. The average Bonchev–Trinajstić information content (AvgIpc) is 3.16. The van der Waals surface area contributed by atoms with Gasteiger partial charge in [0.25, 0.3) is 5.91 Å². The van der Waals surface area contributed by atoms with Gasteiger partial charge >= 0.3 is 0 Å². The molecule has 2 aromatic rings. The Hall–Kier alpha value is -2.11. The minimum Gasteiger partial charge on any atom is -0.351 e. The number of nitrogens with one attached hydrogen (secondary N) is 1. The number of aromatic nitrogens is 3. The van der Waals surface area contributed by atoms with Crippen LogP contribution in [0.1, 0.15) is 63.2 Å². The molecule has 0 aromatic carbocycles. The molecule has 0 saturated carbocycles. The summed E-state index contributed by atoms with van der Waals surface area (Å²) < 4.78 is 7.18. The van der Waals surface area contributed by atoms with Crippen LogP contribution in [0.5, 0.6) is 0 Å². The Morgan fingerprint density at radius 1 is 1.43 bits per heavy atom. The van der Waals surface area contributed by atoms with E-state index in [1.165, 1.54) is 0 Å². The highest BCUT2D eigenvalue weighted by molar-refractivity contribution is 5.91. The van der Waals surface area contributed by atoms with Gasteiger partial charge in [0.15, 0.2) is 0 Å². The maximum absolute atomic E-state index is 12.5. The van der Waals surface area contributed by atoms with E-state index in [1.54, 1.807) is 18.6 Å². The third kappa shape index (κ3) is 4.43. The zero-order chi connectivity index (χ0) is 17.0. The lowest BCUT2D eigenvalue weighted by Gasteiger charge is -2.31. The first-order valence-corrected chi connectivity index (χ1v) is 8.04. The molecule has 126 valence electrons. The molecule has 2 heterocycles. The number of nitrogens with zero attached hydrogens (tertiary/aromatic N) is 3. The normalized spacial score (nSPS) is 14.5. The monoisotopic (exact) mass is 318 g/mol. The van der Waals surface area contributed by atoms with Gasteiger partial charge in [-0.15, -0.1) is 0 Å². The van der Waals surface area contributed by atoms with Crippen LogP contribution in [0.4, 0.5) is 0 Å². The van der Waals surface area contributed by atoms with Gasteiger partial charge in [-0.25, -0.2) is 4.98 Å². The Balaban J connectivity index is 2.09. The Morgan fingerprint density at radius 2 is 2.17 bits per heavy atom. The molecule has 0 aliphatic rings. The van der Waals surface area contributed by atoms with E-state index in [1.807, 2.05) is 10.8 Å². The minimum atomic E-state index is -0.230. The molecule has 2 aromatic heterocycles. The third-order valence-electron chi connectivity index (χ3n) is 4.17. The van der Waals surface area contributed by atoms with Gasteiger partial charge in [-0.2, -0.15) is 0 Å². The van der Waals surface area contributed by atoms with Crippen molar-refractivity contribution in [2.45, 2.75) is 59.5 Å². The largest absolute Gasteiger partial charge is 0.351 e. The zero-order valence-electron chi connectivity index (χ0n) is 14.5. The van der Waals surface area contributed by atoms with Crippen LogP contribution in [0.2, 0.25) is 0 Å². The van der Waals surface area contributed by atoms with Gasteiger partial charge in [0, 0.05) is 30.9 Å². The number of imidazole rings is 1. The highest BCUT2D eigenvalue weighted by atomic mass is 16.5. The molecule has 0 aliphatic heterocycles. The number of amides is 1. The highest BCUT2D eigenvalue weighted by Gasteiger charge is 2.28. The number of carbonyl (C=O) groups excluding carboxylic acids is 1. The lowest BCUT2D eigenvalue weighted by Crippen LogP contribution is -2.46. The van der Waals surface area contributed by atoms with Crippen LogP contribution < -0.4 is 5.32 Å². The summed E-state index contributed by atoms with van der Waals surface area (Å²) in [6.45, 7) is 11.1. The van der Waals surface area contributed by atoms with Crippen LogP contribution in [-0.2, 0) is 6.54 Å². The molecule has 2 atom stereocenters. The van der Waals surface area contributed by atoms with Gasteiger partial charge in [-0.3, -0.25) is 4.79 Å². The lowest BCUT2D eigenvalue weighted by atomic mass is 9.86. The first-order valence-electron chi connectivity index (χ1n) is 8.04. The van der Waals surface area contributed by atoms with Crippen molar-refractivity contribution in [3.05, 3.63) is 36.2 Å². The number of rotatable bonds is 6. The molecule has 2 rings (SSSR count). The number of carbonyl (C=O) groups is 1. The van der Waals surface area contributed by atoms with Crippen molar-refractivity contribution in [3.63, 3.8) is 0 Å². The fourth-order valence-electron chi connectivity index (χ4n) is 2.21. The van der Waals surface area contributed by atoms with Crippen LogP contribution >= 0.6 is 0 Å². The van der Waals surface area contributed by atoms with E-state index in [0.717, 1.165) is 12.1 Å². The topological polar surface area (TPSA) is 73.0 Å². The van der Waals surface area contributed by atoms with Gasteiger partial charge in [-0.1, -0.05) is 39.8 Å². The quantitative estimate of drug-likeness (QED) is 0.887. The van der Waals surface area contributed by atoms with E-state index in [2.05, 4.69) is 50.1 Å². The van der Waals surface area contributed by atoms with Crippen molar-refractivity contribution < 1.29 is 9.32 Å². The summed E-state index contributed by atoms with van der Waals surface area (Å²) in [6.07, 6.45) is 6.33. The number of hydrogen-bond donors (Lipinski definition) is 1. The Bertz CT molecular complexity index is 625. The van der Waals surface area contributed by atoms with Crippen molar-refractivity contribution >= 4 is 5.91 Å². The van der Waals surface area contributed by atoms with E-state index < -0.39 is 0 Å². The van der Waals surface area contributed by atoms with Crippen molar-refractivity contribution in [1.29, 1.82) is 0 Å². The molecule has 6 nitrogen and oxygen atoms in total. The zero-order valence-corrected chi connectivity index (χ0v) is 14.5.